The van der Waals surface area contributed by atoms with E-state index in [9.17, 15) is 9.18 Å². The van der Waals surface area contributed by atoms with E-state index in [-0.39, 0.29) is 5.91 Å². The number of amides is 1. The number of carbonyl (C=O) groups is 1. The normalized spacial score (nSPS) is 15.0. The Morgan fingerprint density at radius 1 is 1.33 bits per heavy atom. The molecule has 0 bridgehead atoms. The van der Waals surface area contributed by atoms with Crippen LogP contribution in [0.2, 0.25) is 0 Å². The first kappa shape index (κ1) is 17.9. The van der Waals surface area contributed by atoms with Crippen molar-refractivity contribution in [2.75, 3.05) is 11.9 Å². The molecule has 1 amide bonds. The van der Waals surface area contributed by atoms with Gasteiger partial charge in [0.05, 0.1) is 22.6 Å². The van der Waals surface area contributed by atoms with Gasteiger partial charge < -0.3 is 4.90 Å². The van der Waals surface area contributed by atoms with E-state index in [1.54, 1.807) is 17.5 Å². The Kier molecular flexibility index (Phi) is 4.55. The Balaban J connectivity index is 1.61. The van der Waals surface area contributed by atoms with Gasteiger partial charge in [0.2, 0.25) is 0 Å². The van der Waals surface area contributed by atoms with Crippen LogP contribution in [-0.2, 0) is 0 Å². The number of benzene rings is 1. The fourth-order valence-electron chi connectivity index (χ4n) is 3.08. The molecule has 0 N–H and O–H groups in total. The highest BCUT2D eigenvalue weighted by molar-refractivity contribution is 7.12. The Morgan fingerprint density at radius 2 is 2.04 bits per heavy atom. The van der Waals surface area contributed by atoms with E-state index in [0.717, 1.165) is 35.6 Å². The van der Waals surface area contributed by atoms with Crippen LogP contribution in [-0.4, -0.2) is 27.7 Å². The molecule has 1 aromatic carbocycles. The standard InChI is InChI=1S/C20H21FN4OS/c1-12(21)17-10-18(14-4-5-14)25(23-17)16-8-6-15(7-9-16)24(3)20(26)19-13(2)22-11-27-19/h6-12,14H,4-5H2,1-3H3. The highest BCUT2D eigenvalue weighted by Gasteiger charge is 2.29. The van der Waals surface area contributed by atoms with Crippen molar-refractivity contribution in [1.29, 1.82) is 0 Å². The van der Waals surface area contributed by atoms with Crippen molar-refractivity contribution in [1.82, 2.24) is 14.8 Å². The van der Waals surface area contributed by atoms with Crippen LogP contribution in [0.4, 0.5) is 10.1 Å². The smallest absolute Gasteiger partial charge is 0.269 e. The summed E-state index contributed by atoms with van der Waals surface area (Å²) in [7, 11) is 1.75. The quantitative estimate of drug-likeness (QED) is 0.634. The summed E-state index contributed by atoms with van der Waals surface area (Å²) in [6.07, 6.45) is 1.15. The molecule has 1 fully saturated rings. The van der Waals surface area contributed by atoms with Crippen LogP contribution >= 0.6 is 11.3 Å². The summed E-state index contributed by atoms with van der Waals surface area (Å²) in [5.74, 6) is 0.386. The van der Waals surface area contributed by atoms with E-state index < -0.39 is 6.17 Å². The summed E-state index contributed by atoms with van der Waals surface area (Å²) in [4.78, 5) is 19.1. The van der Waals surface area contributed by atoms with Crippen molar-refractivity contribution in [2.24, 2.45) is 0 Å². The number of halogens is 1. The number of hydrogen-bond donors (Lipinski definition) is 0. The third-order valence-electron chi connectivity index (χ3n) is 4.88. The molecular weight excluding hydrogens is 363 g/mol. The van der Waals surface area contributed by atoms with E-state index in [1.165, 1.54) is 18.3 Å². The van der Waals surface area contributed by atoms with Crippen LogP contribution in [0.5, 0.6) is 0 Å². The van der Waals surface area contributed by atoms with Gasteiger partial charge in [0.25, 0.3) is 5.91 Å². The molecule has 7 heteroatoms. The monoisotopic (exact) mass is 384 g/mol. The van der Waals surface area contributed by atoms with Crippen molar-refractivity contribution >= 4 is 22.9 Å². The van der Waals surface area contributed by atoms with Crippen LogP contribution in [0, 0.1) is 6.92 Å². The fourth-order valence-corrected chi connectivity index (χ4v) is 3.86. The molecule has 1 atom stereocenters. The van der Waals surface area contributed by atoms with E-state index >= 15 is 0 Å². The van der Waals surface area contributed by atoms with Crippen LogP contribution in [0.25, 0.3) is 5.69 Å². The summed E-state index contributed by atoms with van der Waals surface area (Å²) in [5.41, 5.74) is 5.62. The minimum atomic E-state index is -1.09. The summed E-state index contributed by atoms with van der Waals surface area (Å²) in [5, 5.41) is 4.46. The van der Waals surface area contributed by atoms with Gasteiger partial charge in [0.1, 0.15) is 11.0 Å². The molecule has 2 heterocycles. The minimum absolute atomic E-state index is 0.0750. The SMILES string of the molecule is Cc1ncsc1C(=O)N(C)c1ccc(-n2nc(C(C)F)cc2C2CC2)cc1. The lowest BCUT2D eigenvalue weighted by Gasteiger charge is -2.17. The van der Waals surface area contributed by atoms with Gasteiger partial charge in [-0.05, 0) is 57.0 Å². The number of nitrogens with zero attached hydrogens (tertiary/aromatic N) is 4. The zero-order valence-corrected chi connectivity index (χ0v) is 16.3. The van der Waals surface area contributed by atoms with Gasteiger partial charge in [0.15, 0.2) is 0 Å². The lowest BCUT2D eigenvalue weighted by atomic mass is 10.2. The first-order valence-electron chi connectivity index (χ1n) is 8.98. The van der Waals surface area contributed by atoms with E-state index in [4.69, 9.17) is 0 Å². The Bertz CT molecular complexity index is 972. The third-order valence-corrected chi connectivity index (χ3v) is 5.80. The number of carbonyl (C=O) groups excluding carboxylic acids is 1. The van der Waals surface area contributed by atoms with Crippen LogP contribution in [0.1, 0.15) is 58.6 Å². The Labute approximate surface area is 161 Å². The molecular formula is C20H21FN4OS. The second-order valence-electron chi connectivity index (χ2n) is 6.94. The molecule has 0 spiro atoms. The van der Waals surface area contributed by atoms with Crippen molar-refractivity contribution in [3.05, 3.63) is 57.8 Å². The van der Waals surface area contributed by atoms with Crippen molar-refractivity contribution < 1.29 is 9.18 Å². The van der Waals surface area contributed by atoms with Crippen LogP contribution in [0.3, 0.4) is 0 Å². The number of aryl methyl sites for hydroxylation is 1. The molecule has 1 aliphatic rings. The number of alkyl halides is 1. The fraction of sp³-hybridized carbons (Fsp3) is 0.350. The van der Waals surface area contributed by atoms with Gasteiger partial charge in [-0.2, -0.15) is 5.10 Å². The summed E-state index contributed by atoms with van der Waals surface area (Å²) in [6.45, 7) is 3.34. The zero-order valence-electron chi connectivity index (χ0n) is 15.5. The molecule has 4 rings (SSSR count). The Morgan fingerprint density at radius 3 is 2.59 bits per heavy atom. The molecule has 3 aromatic rings. The topological polar surface area (TPSA) is 51.0 Å². The summed E-state index contributed by atoms with van der Waals surface area (Å²) < 4.78 is 15.6. The number of hydrogen-bond acceptors (Lipinski definition) is 4. The van der Waals surface area contributed by atoms with E-state index in [1.807, 2.05) is 41.9 Å². The van der Waals surface area contributed by atoms with Gasteiger partial charge in [-0.1, -0.05) is 0 Å². The van der Waals surface area contributed by atoms with Crippen molar-refractivity contribution in [3.63, 3.8) is 0 Å². The Hall–Kier alpha value is -2.54. The maximum absolute atomic E-state index is 13.7. The largest absolute Gasteiger partial charge is 0.311 e. The minimum Gasteiger partial charge on any atom is -0.311 e. The number of thiazole rings is 1. The molecule has 0 saturated heterocycles. The highest BCUT2D eigenvalue weighted by atomic mass is 32.1. The molecule has 0 aliphatic heterocycles. The second kappa shape index (κ2) is 6.88. The van der Waals surface area contributed by atoms with Crippen molar-refractivity contribution in [2.45, 2.75) is 38.8 Å². The molecule has 27 heavy (non-hydrogen) atoms. The lowest BCUT2D eigenvalue weighted by Crippen LogP contribution is -2.26. The first-order valence-corrected chi connectivity index (χ1v) is 9.86. The molecule has 140 valence electrons. The predicted molar refractivity (Wildman–Crippen MR) is 105 cm³/mol. The predicted octanol–water partition coefficient (Wildman–Crippen LogP) is 4.82. The maximum atomic E-state index is 13.7. The zero-order chi connectivity index (χ0) is 19.1. The molecule has 5 nitrogen and oxygen atoms in total. The number of rotatable bonds is 5. The van der Waals surface area contributed by atoms with Crippen molar-refractivity contribution in [3.8, 4) is 5.69 Å². The molecule has 1 unspecified atom stereocenters. The van der Waals surface area contributed by atoms with Gasteiger partial charge in [-0.3, -0.25) is 4.79 Å². The lowest BCUT2D eigenvalue weighted by molar-refractivity contribution is 0.0996. The van der Waals surface area contributed by atoms with Crippen LogP contribution < -0.4 is 4.90 Å². The maximum Gasteiger partial charge on any atom is 0.269 e. The summed E-state index contributed by atoms with van der Waals surface area (Å²) >= 11 is 1.35. The molecule has 0 radical (unpaired) electrons. The van der Waals surface area contributed by atoms with Crippen LogP contribution in [0.15, 0.2) is 35.8 Å². The van der Waals surface area contributed by atoms with E-state index in [0.29, 0.717) is 16.5 Å². The first-order chi connectivity index (χ1) is 13.0. The van der Waals surface area contributed by atoms with E-state index in [2.05, 4.69) is 10.1 Å². The average molecular weight is 384 g/mol. The molecule has 2 aromatic heterocycles. The number of anilines is 1. The van der Waals surface area contributed by atoms with Gasteiger partial charge in [-0.25, -0.2) is 14.1 Å². The molecule has 1 aliphatic carbocycles. The highest BCUT2D eigenvalue weighted by Crippen LogP contribution is 2.41. The average Bonchev–Trinajstić information content (AvgIpc) is 3.26. The third kappa shape index (κ3) is 3.39. The van der Waals surface area contributed by atoms with Gasteiger partial charge in [-0.15, -0.1) is 11.3 Å². The summed E-state index contributed by atoms with van der Waals surface area (Å²) in [6, 6.07) is 9.49. The molecule has 1 saturated carbocycles. The van der Waals surface area contributed by atoms with Gasteiger partial charge >= 0.3 is 0 Å². The number of aromatic nitrogens is 3. The van der Waals surface area contributed by atoms with Gasteiger partial charge in [0, 0.05) is 24.3 Å². The second-order valence-corrected chi connectivity index (χ2v) is 7.80.